The van der Waals surface area contributed by atoms with Crippen molar-refractivity contribution in [2.24, 2.45) is 5.41 Å². The molecule has 4 heteroatoms. The standard InChI is InChI=1S/C13H23NO3/c1-5-9-16-11-7-6-8-14(10-11)17-12(15)13(2,3)4/h5,11H,1,6-10H2,2-4H3/t11-/m0/s1. The lowest BCUT2D eigenvalue weighted by atomic mass is 9.98. The molecule has 0 aromatic rings. The van der Waals surface area contributed by atoms with Crippen LogP contribution in [0.15, 0.2) is 12.7 Å². The lowest BCUT2D eigenvalue weighted by Crippen LogP contribution is -2.42. The highest BCUT2D eigenvalue weighted by Crippen LogP contribution is 2.19. The number of rotatable bonds is 4. The van der Waals surface area contributed by atoms with Gasteiger partial charge in [-0.2, -0.15) is 0 Å². The third kappa shape index (κ3) is 4.88. The van der Waals surface area contributed by atoms with Crippen LogP contribution in [0.4, 0.5) is 0 Å². The van der Waals surface area contributed by atoms with Crippen LogP contribution in [0.2, 0.25) is 0 Å². The highest BCUT2D eigenvalue weighted by molar-refractivity contribution is 5.75. The summed E-state index contributed by atoms with van der Waals surface area (Å²) in [5.74, 6) is -0.193. The zero-order valence-corrected chi connectivity index (χ0v) is 11.1. The second-order valence-electron chi connectivity index (χ2n) is 5.40. The summed E-state index contributed by atoms with van der Waals surface area (Å²) in [6.45, 7) is 11.2. The molecule has 1 saturated heterocycles. The normalized spacial score (nSPS) is 22.2. The minimum atomic E-state index is -0.463. The average Bonchev–Trinajstić information content (AvgIpc) is 2.25. The maximum Gasteiger partial charge on any atom is 0.330 e. The van der Waals surface area contributed by atoms with E-state index in [-0.39, 0.29) is 12.1 Å². The van der Waals surface area contributed by atoms with Crippen molar-refractivity contribution in [1.82, 2.24) is 5.06 Å². The fourth-order valence-electron chi connectivity index (χ4n) is 1.58. The quantitative estimate of drug-likeness (QED) is 0.707. The molecule has 98 valence electrons. The van der Waals surface area contributed by atoms with Crippen molar-refractivity contribution in [2.45, 2.75) is 39.7 Å². The summed E-state index contributed by atoms with van der Waals surface area (Å²) in [4.78, 5) is 17.1. The summed E-state index contributed by atoms with van der Waals surface area (Å²) < 4.78 is 5.58. The molecule has 0 aliphatic carbocycles. The Labute approximate surface area is 104 Å². The molecule has 0 aromatic carbocycles. The van der Waals surface area contributed by atoms with Crippen molar-refractivity contribution in [2.75, 3.05) is 19.7 Å². The highest BCUT2D eigenvalue weighted by atomic mass is 16.7. The Morgan fingerprint density at radius 2 is 2.24 bits per heavy atom. The number of hydrogen-bond donors (Lipinski definition) is 0. The number of carbonyl (C=O) groups is 1. The Hall–Kier alpha value is -0.870. The van der Waals surface area contributed by atoms with Crippen LogP contribution in [0.3, 0.4) is 0 Å². The fraction of sp³-hybridized carbons (Fsp3) is 0.769. The van der Waals surface area contributed by atoms with E-state index in [1.807, 2.05) is 20.8 Å². The fourth-order valence-corrected chi connectivity index (χ4v) is 1.58. The molecule has 0 spiro atoms. The number of carbonyl (C=O) groups excluding carboxylic acids is 1. The van der Waals surface area contributed by atoms with E-state index in [4.69, 9.17) is 9.57 Å². The van der Waals surface area contributed by atoms with Gasteiger partial charge in [0.05, 0.1) is 24.7 Å². The molecule has 1 aliphatic heterocycles. The first-order valence-electron chi connectivity index (χ1n) is 6.13. The van der Waals surface area contributed by atoms with Crippen molar-refractivity contribution in [1.29, 1.82) is 0 Å². The molecule has 1 atom stereocenters. The SMILES string of the molecule is C=CCO[C@H]1CCCN(OC(=O)C(C)(C)C)C1. The van der Waals surface area contributed by atoms with Gasteiger partial charge in [0.25, 0.3) is 0 Å². The van der Waals surface area contributed by atoms with Gasteiger partial charge in [0.1, 0.15) is 0 Å². The first-order valence-corrected chi connectivity index (χ1v) is 6.13. The predicted octanol–water partition coefficient (Wildman–Crippen LogP) is 2.16. The molecule has 0 aromatic heterocycles. The number of piperidine rings is 1. The monoisotopic (exact) mass is 241 g/mol. The topological polar surface area (TPSA) is 38.8 Å². The third-order valence-electron chi connectivity index (χ3n) is 2.62. The predicted molar refractivity (Wildman–Crippen MR) is 66.3 cm³/mol. The van der Waals surface area contributed by atoms with Crippen LogP contribution >= 0.6 is 0 Å². The summed E-state index contributed by atoms with van der Waals surface area (Å²) in [7, 11) is 0. The summed E-state index contributed by atoms with van der Waals surface area (Å²) in [6, 6.07) is 0. The smallest absolute Gasteiger partial charge is 0.330 e. The highest BCUT2D eigenvalue weighted by Gasteiger charge is 2.28. The molecular weight excluding hydrogens is 218 g/mol. The largest absolute Gasteiger partial charge is 0.373 e. The molecule has 1 rings (SSSR count). The molecule has 17 heavy (non-hydrogen) atoms. The molecule has 0 unspecified atom stereocenters. The van der Waals surface area contributed by atoms with Crippen LogP contribution in [-0.2, 0) is 14.4 Å². The molecule has 0 N–H and O–H groups in total. The molecule has 1 heterocycles. The van der Waals surface area contributed by atoms with E-state index in [9.17, 15) is 4.79 Å². The Morgan fingerprint density at radius 3 is 2.82 bits per heavy atom. The lowest BCUT2D eigenvalue weighted by molar-refractivity contribution is -0.212. The van der Waals surface area contributed by atoms with Crippen molar-refractivity contribution in [3.63, 3.8) is 0 Å². The van der Waals surface area contributed by atoms with E-state index in [1.165, 1.54) is 0 Å². The van der Waals surface area contributed by atoms with E-state index in [0.29, 0.717) is 13.2 Å². The van der Waals surface area contributed by atoms with Gasteiger partial charge in [0.2, 0.25) is 0 Å². The van der Waals surface area contributed by atoms with Crippen molar-refractivity contribution < 1.29 is 14.4 Å². The van der Waals surface area contributed by atoms with Crippen LogP contribution in [0.25, 0.3) is 0 Å². The molecule has 1 aliphatic rings. The minimum absolute atomic E-state index is 0.134. The van der Waals surface area contributed by atoms with Gasteiger partial charge in [-0.05, 0) is 33.6 Å². The molecule has 0 saturated carbocycles. The van der Waals surface area contributed by atoms with Gasteiger partial charge in [-0.15, -0.1) is 11.6 Å². The zero-order valence-electron chi connectivity index (χ0n) is 11.1. The van der Waals surface area contributed by atoms with Crippen molar-refractivity contribution >= 4 is 5.97 Å². The summed E-state index contributed by atoms with van der Waals surface area (Å²) in [5.41, 5.74) is -0.463. The summed E-state index contributed by atoms with van der Waals surface area (Å²) >= 11 is 0. The first-order chi connectivity index (χ1) is 7.93. The van der Waals surface area contributed by atoms with Gasteiger partial charge in [-0.3, -0.25) is 0 Å². The molecule has 0 radical (unpaired) electrons. The lowest BCUT2D eigenvalue weighted by Gasteiger charge is -2.32. The van der Waals surface area contributed by atoms with Crippen molar-refractivity contribution in [3.8, 4) is 0 Å². The molecule has 0 bridgehead atoms. The molecule has 1 fully saturated rings. The summed E-state index contributed by atoms with van der Waals surface area (Å²) in [5, 5.41) is 1.71. The second-order valence-corrected chi connectivity index (χ2v) is 5.40. The van der Waals surface area contributed by atoms with Gasteiger partial charge in [0, 0.05) is 6.54 Å². The van der Waals surface area contributed by atoms with Gasteiger partial charge in [0.15, 0.2) is 0 Å². The van der Waals surface area contributed by atoms with Gasteiger partial charge >= 0.3 is 5.97 Å². The Kier molecular flexibility index (Phi) is 5.15. The van der Waals surface area contributed by atoms with E-state index in [0.717, 1.165) is 19.4 Å². The minimum Gasteiger partial charge on any atom is -0.373 e. The van der Waals surface area contributed by atoms with E-state index >= 15 is 0 Å². The Bertz CT molecular complexity index is 270. The van der Waals surface area contributed by atoms with E-state index in [1.54, 1.807) is 11.1 Å². The van der Waals surface area contributed by atoms with Gasteiger partial charge in [-0.25, -0.2) is 4.79 Å². The van der Waals surface area contributed by atoms with Crippen molar-refractivity contribution in [3.05, 3.63) is 12.7 Å². The number of ether oxygens (including phenoxy) is 1. The first kappa shape index (κ1) is 14.2. The maximum atomic E-state index is 11.7. The second kappa shape index (κ2) is 6.17. The maximum absolute atomic E-state index is 11.7. The van der Waals surface area contributed by atoms with Crippen LogP contribution in [0.5, 0.6) is 0 Å². The average molecular weight is 241 g/mol. The Balaban J connectivity index is 2.39. The molecule has 0 amide bonds. The number of hydroxylamine groups is 2. The third-order valence-corrected chi connectivity index (χ3v) is 2.62. The van der Waals surface area contributed by atoms with E-state index in [2.05, 4.69) is 6.58 Å². The number of hydrogen-bond acceptors (Lipinski definition) is 4. The van der Waals surface area contributed by atoms with Gasteiger partial charge < -0.3 is 9.57 Å². The van der Waals surface area contributed by atoms with Gasteiger partial charge in [-0.1, -0.05) is 6.08 Å². The summed E-state index contributed by atoms with van der Waals surface area (Å²) in [6.07, 6.45) is 3.87. The molecule has 4 nitrogen and oxygen atoms in total. The van der Waals surface area contributed by atoms with Crippen LogP contribution < -0.4 is 0 Å². The van der Waals surface area contributed by atoms with Crippen LogP contribution in [-0.4, -0.2) is 36.8 Å². The number of nitrogens with zero attached hydrogens (tertiary/aromatic N) is 1. The van der Waals surface area contributed by atoms with Crippen LogP contribution in [0, 0.1) is 5.41 Å². The Morgan fingerprint density at radius 1 is 1.53 bits per heavy atom. The zero-order chi connectivity index (χ0) is 12.9. The van der Waals surface area contributed by atoms with E-state index < -0.39 is 5.41 Å². The molecular formula is C13H23NO3. The van der Waals surface area contributed by atoms with Crippen LogP contribution in [0.1, 0.15) is 33.6 Å².